The van der Waals surface area contributed by atoms with Gasteiger partial charge in [-0.25, -0.2) is 0 Å². The topological polar surface area (TPSA) is 66.3 Å². The third kappa shape index (κ3) is 25.6. The molecule has 0 aromatic heterocycles. The third-order valence-electron chi connectivity index (χ3n) is 3.10. The molecule has 0 aromatic rings. The molecule has 0 aromatic carbocycles. The van der Waals surface area contributed by atoms with Crippen molar-refractivity contribution in [3.8, 4) is 0 Å². The largest absolute Gasteiger partial charge is 1.00 e. The van der Waals surface area contributed by atoms with E-state index < -0.39 is 7.94 Å². The molecular formula is C13H29Na2O3P. The van der Waals surface area contributed by atoms with Gasteiger partial charge in [0.15, 0.2) is 0 Å². The molecule has 0 atom stereocenters. The second-order valence-electron chi connectivity index (χ2n) is 5.00. The van der Waals surface area contributed by atoms with Gasteiger partial charge in [-0.2, -0.15) is 0 Å². The van der Waals surface area contributed by atoms with Gasteiger partial charge in [0.25, 0.3) is 0 Å². The Balaban J connectivity index is -0.00000128. The molecule has 0 fully saturated rings. The normalized spacial score (nSPS) is 11.6. The zero-order chi connectivity index (χ0) is 13.0. The standard InChI is InChI=1S/C13H29O3P.2Na/c1-2-3-4-5-6-7-8-9-10-11-12-13-17(14,15)16;;/h14,17H,2-13H2,1H3;;/q-2;2*+1. The van der Waals surface area contributed by atoms with E-state index in [0.717, 1.165) is 12.8 Å². The maximum absolute atomic E-state index is 10.5. The summed E-state index contributed by atoms with van der Waals surface area (Å²) in [6.45, 7) is 2.23. The molecule has 0 aliphatic rings. The van der Waals surface area contributed by atoms with Crippen LogP contribution in [0.25, 0.3) is 0 Å². The SMILES string of the molecule is CCCCCCCCCCCCC[PH]([O-])([O-])O.[Na+].[Na+]. The van der Waals surface area contributed by atoms with E-state index >= 15 is 0 Å². The zero-order valence-electron chi connectivity index (χ0n) is 13.2. The van der Waals surface area contributed by atoms with Crippen molar-refractivity contribution in [3.63, 3.8) is 0 Å². The Bertz CT molecular complexity index is 166. The summed E-state index contributed by atoms with van der Waals surface area (Å²) in [5, 5.41) is 0. The van der Waals surface area contributed by atoms with E-state index in [-0.39, 0.29) is 65.3 Å². The van der Waals surface area contributed by atoms with Crippen molar-refractivity contribution in [1.82, 2.24) is 0 Å². The second kappa shape index (κ2) is 18.4. The van der Waals surface area contributed by atoms with Crippen LogP contribution in [0, 0.1) is 0 Å². The Kier molecular flexibility index (Phi) is 25.3. The summed E-state index contributed by atoms with van der Waals surface area (Å²) in [4.78, 5) is 29.6. The van der Waals surface area contributed by atoms with Crippen molar-refractivity contribution in [3.05, 3.63) is 0 Å². The monoisotopic (exact) mass is 310 g/mol. The second-order valence-corrected chi connectivity index (χ2v) is 6.92. The number of unbranched alkanes of at least 4 members (excludes halogenated alkanes) is 10. The molecule has 0 heterocycles. The van der Waals surface area contributed by atoms with Gasteiger partial charge in [-0.15, -0.1) is 0 Å². The summed E-state index contributed by atoms with van der Waals surface area (Å²) in [6, 6.07) is 0. The van der Waals surface area contributed by atoms with E-state index in [9.17, 15) is 9.79 Å². The van der Waals surface area contributed by atoms with Crippen LogP contribution >= 0.6 is 7.94 Å². The number of hydrogen-bond acceptors (Lipinski definition) is 3. The van der Waals surface area contributed by atoms with Gasteiger partial charge in [0, 0.05) is 0 Å². The Morgan fingerprint density at radius 1 is 0.684 bits per heavy atom. The molecule has 0 unspecified atom stereocenters. The van der Waals surface area contributed by atoms with E-state index in [1.165, 1.54) is 51.4 Å². The van der Waals surface area contributed by atoms with Crippen LogP contribution in [0.1, 0.15) is 77.6 Å². The zero-order valence-corrected chi connectivity index (χ0v) is 18.2. The van der Waals surface area contributed by atoms with Gasteiger partial charge in [-0.05, 0) is 0 Å². The summed E-state index contributed by atoms with van der Waals surface area (Å²) < 4.78 is 0. The van der Waals surface area contributed by atoms with Crippen LogP contribution in [0.3, 0.4) is 0 Å². The predicted octanol–water partition coefficient (Wildman–Crippen LogP) is -3.49. The molecule has 0 rings (SSSR count). The van der Waals surface area contributed by atoms with Crippen LogP contribution in [0.2, 0.25) is 0 Å². The fourth-order valence-corrected chi connectivity index (χ4v) is 2.71. The number of rotatable bonds is 12. The molecule has 106 valence electrons. The molecule has 0 aliphatic carbocycles. The third-order valence-corrected chi connectivity index (χ3v) is 4.08. The Hall–Kier alpha value is 2.31. The molecule has 6 heteroatoms. The molecule has 0 spiro atoms. The summed E-state index contributed by atoms with van der Waals surface area (Å²) in [6.07, 6.45) is 13.1. The maximum atomic E-state index is 10.5. The van der Waals surface area contributed by atoms with Gasteiger partial charge >= 0.3 is 159 Å². The molecule has 0 saturated carbocycles. The van der Waals surface area contributed by atoms with Crippen LogP contribution in [0.4, 0.5) is 0 Å². The van der Waals surface area contributed by atoms with Crippen molar-refractivity contribution in [2.75, 3.05) is 6.16 Å². The molecular weight excluding hydrogens is 281 g/mol. The minimum absolute atomic E-state index is 0. The van der Waals surface area contributed by atoms with Gasteiger partial charge in [-0.1, -0.05) is 6.92 Å². The molecule has 0 radical (unpaired) electrons. The van der Waals surface area contributed by atoms with E-state index in [0.29, 0.717) is 6.42 Å². The summed E-state index contributed by atoms with van der Waals surface area (Å²) in [7, 11) is -4.25. The van der Waals surface area contributed by atoms with E-state index in [2.05, 4.69) is 6.92 Å². The first-order valence-corrected chi connectivity index (χ1v) is 9.16. The molecule has 0 saturated heterocycles. The minimum Gasteiger partial charge on any atom is 1.00 e. The smallest absolute Gasteiger partial charge is 1.00 e. The van der Waals surface area contributed by atoms with Crippen molar-refractivity contribution >= 4 is 7.94 Å². The van der Waals surface area contributed by atoms with E-state index in [1.807, 2.05) is 0 Å². The van der Waals surface area contributed by atoms with E-state index in [4.69, 9.17) is 4.89 Å². The van der Waals surface area contributed by atoms with Gasteiger partial charge in [0.2, 0.25) is 0 Å². The van der Waals surface area contributed by atoms with Crippen molar-refractivity contribution in [1.29, 1.82) is 0 Å². The van der Waals surface area contributed by atoms with Crippen LogP contribution in [0.15, 0.2) is 0 Å². The fraction of sp³-hybridized carbons (Fsp3) is 1.00. The van der Waals surface area contributed by atoms with Crippen LogP contribution in [0.5, 0.6) is 0 Å². The average molecular weight is 310 g/mol. The molecule has 19 heavy (non-hydrogen) atoms. The van der Waals surface area contributed by atoms with Crippen molar-refractivity contribution < 1.29 is 73.8 Å². The first-order chi connectivity index (χ1) is 8.06. The van der Waals surface area contributed by atoms with Crippen LogP contribution in [-0.2, 0) is 0 Å². The van der Waals surface area contributed by atoms with Crippen LogP contribution in [-0.4, -0.2) is 11.1 Å². The molecule has 0 bridgehead atoms. The Morgan fingerprint density at radius 2 is 1.00 bits per heavy atom. The molecule has 0 aliphatic heterocycles. The number of hydrogen-bond donors (Lipinski definition) is 1. The van der Waals surface area contributed by atoms with Gasteiger partial charge < -0.3 is 0 Å². The van der Waals surface area contributed by atoms with Crippen molar-refractivity contribution in [2.45, 2.75) is 77.6 Å². The quantitative estimate of drug-likeness (QED) is 0.231. The Labute approximate surface area is 164 Å². The first-order valence-electron chi connectivity index (χ1n) is 7.19. The summed E-state index contributed by atoms with van der Waals surface area (Å²) >= 11 is 0. The maximum Gasteiger partial charge on any atom is 1.00 e. The average Bonchev–Trinajstić information content (AvgIpc) is 2.24. The Morgan fingerprint density at radius 3 is 1.32 bits per heavy atom. The summed E-state index contributed by atoms with van der Waals surface area (Å²) in [5.41, 5.74) is 0. The van der Waals surface area contributed by atoms with E-state index in [1.54, 1.807) is 0 Å². The first kappa shape index (κ1) is 26.2. The van der Waals surface area contributed by atoms with Crippen molar-refractivity contribution in [2.24, 2.45) is 0 Å². The van der Waals surface area contributed by atoms with Crippen LogP contribution < -0.4 is 68.9 Å². The van der Waals surface area contributed by atoms with Gasteiger partial charge in [0.1, 0.15) is 0 Å². The summed E-state index contributed by atoms with van der Waals surface area (Å²) in [5.74, 6) is 0. The molecule has 3 nitrogen and oxygen atoms in total. The predicted molar refractivity (Wildman–Crippen MR) is 71.9 cm³/mol. The molecule has 0 amide bonds. The van der Waals surface area contributed by atoms with Gasteiger partial charge in [0.05, 0.1) is 0 Å². The minimum atomic E-state index is -4.25. The van der Waals surface area contributed by atoms with Gasteiger partial charge in [-0.3, -0.25) is 0 Å². The molecule has 1 N–H and O–H groups in total. The fourth-order valence-electron chi connectivity index (χ4n) is 2.01.